The van der Waals surface area contributed by atoms with Gasteiger partial charge in [-0.3, -0.25) is 0 Å². The van der Waals surface area contributed by atoms with E-state index < -0.39 is 0 Å². The molecule has 0 aliphatic rings. The summed E-state index contributed by atoms with van der Waals surface area (Å²) in [5.41, 5.74) is 5.54. The highest BCUT2D eigenvalue weighted by molar-refractivity contribution is 4.81. The minimum absolute atomic E-state index is 0.218. The Balaban J connectivity index is 2.98. The van der Waals surface area contributed by atoms with Gasteiger partial charge in [-0.2, -0.15) is 0 Å². The maximum Gasteiger partial charge on any atom is 0.0221 e. The first-order valence-electron chi connectivity index (χ1n) is 3.19. The molecule has 0 aromatic heterocycles. The molecule has 0 aromatic rings. The molecule has 0 aliphatic heterocycles. The summed E-state index contributed by atoms with van der Waals surface area (Å²) < 4.78 is 0. The van der Waals surface area contributed by atoms with Gasteiger partial charge >= 0.3 is 0 Å². The van der Waals surface area contributed by atoms with Crippen molar-refractivity contribution >= 4 is 0 Å². The Kier molecular flexibility index (Phi) is 4.67. The number of nitrogens with two attached hydrogens (primary N) is 1. The molecule has 1 atom stereocenters. The summed E-state index contributed by atoms with van der Waals surface area (Å²) in [5, 5.41) is 0. The second-order valence-electron chi connectivity index (χ2n) is 2.04. The normalized spacial score (nSPS) is 13.2. The minimum Gasteiger partial charge on any atom is -0.324 e. The fraction of sp³-hybridized carbons (Fsp3) is 0.714. The van der Waals surface area contributed by atoms with Crippen molar-refractivity contribution in [1.82, 2.24) is 0 Å². The van der Waals surface area contributed by atoms with Crippen LogP contribution in [0.3, 0.4) is 0 Å². The lowest BCUT2D eigenvalue weighted by atomic mass is 10.1. The van der Waals surface area contributed by atoms with E-state index >= 15 is 0 Å². The molecule has 0 heterocycles. The largest absolute Gasteiger partial charge is 0.324 e. The fourth-order valence-electron chi connectivity index (χ4n) is 0.558. The molecule has 0 radical (unpaired) electrons. The van der Waals surface area contributed by atoms with Crippen molar-refractivity contribution in [2.24, 2.45) is 5.73 Å². The Hall–Kier alpha value is -0.300. The number of rotatable bonds is 4. The van der Waals surface area contributed by atoms with Crippen molar-refractivity contribution in [3.8, 4) is 0 Å². The summed E-state index contributed by atoms with van der Waals surface area (Å²) in [6, 6.07) is 0.218. The Morgan fingerprint density at radius 3 is 2.75 bits per heavy atom. The van der Waals surface area contributed by atoms with E-state index in [0.717, 1.165) is 6.42 Å². The van der Waals surface area contributed by atoms with Crippen LogP contribution in [0.4, 0.5) is 0 Å². The van der Waals surface area contributed by atoms with Crippen LogP contribution in [-0.2, 0) is 0 Å². The van der Waals surface area contributed by atoms with Gasteiger partial charge in [0.2, 0.25) is 0 Å². The number of hydrogen-bond donors (Lipinski definition) is 1. The fourth-order valence-corrected chi connectivity index (χ4v) is 0.558. The van der Waals surface area contributed by atoms with E-state index in [4.69, 9.17) is 5.73 Å². The average molecular weight is 113 g/mol. The summed E-state index contributed by atoms with van der Waals surface area (Å²) in [6.45, 7) is 5.75. The topological polar surface area (TPSA) is 26.0 Å². The summed E-state index contributed by atoms with van der Waals surface area (Å²) in [7, 11) is 0. The van der Waals surface area contributed by atoms with Gasteiger partial charge in [0.1, 0.15) is 0 Å². The summed E-state index contributed by atoms with van der Waals surface area (Å²) in [5.74, 6) is 0. The van der Waals surface area contributed by atoms with Crippen LogP contribution in [0.2, 0.25) is 0 Å². The third-order valence-corrected chi connectivity index (χ3v) is 1.19. The molecular weight excluding hydrogens is 98.1 g/mol. The first-order valence-corrected chi connectivity index (χ1v) is 3.19. The minimum atomic E-state index is 0.218. The second kappa shape index (κ2) is 4.85. The quantitative estimate of drug-likeness (QED) is 0.552. The van der Waals surface area contributed by atoms with Crippen LogP contribution in [0.15, 0.2) is 12.7 Å². The van der Waals surface area contributed by atoms with Crippen LogP contribution in [0.1, 0.15) is 26.2 Å². The van der Waals surface area contributed by atoms with Crippen LogP contribution in [-0.4, -0.2) is 6.04 Å². The first kappa shape index (κ1) is 7.70. The van der Waals surface area contributed by atoms with E-state index in [1.54, 1.807) is 6.08 Å². The third-order valence-electron chi connectivity index (χ3n) is 1.19. The standard InChI is InChI=1S/C7H15N/c1-3-5-6-7(8)4-2/h4,7H,2-3,5-6,8H2,1H3/t7-/m1/s1. The molecule has 0 amide bonds. The lowest BCUT2D eigenvalue weighted by Crippen LogP contribution is -2.15. The van der Waals surface area contributed by atoms with Crippen LogP contribution in [0, 0.1) is 0 Å². The molecule has 0 spiro atoms. The highest BCUT2D eigenvalue weighted by Crippen LogP contribution is 1.97. The molecule has 0 aliphatic carbocycles. The molecule has 0 fully saturated rings. The smallest absolute Gasteiger partial charge is 0.0221 e. The SMILES string of the molecule is C=C[C@@H](N)CCCC. The lowest BCUT2D eigenvalue weighted by Gasteiger charge is -2.01. The molecule has 2 N–H and O–H groups in total. The van der Waals surface area contributed by atoms with E-state index in [1.165, 1.54) is 12.8 Å². The van der Waals surface area contributed by atoms with Crippen LogP contribution >= 0.6 is 0 Å². The number of unbranched alkanes of at least 4 members (excludes halogenated alkanes) is 1. The molecule has 1 heteroatoms. The van der Waals surface area contributed by atoms with Gasteiger partial charge in [-0.15, -0.1) is 6.58 Å². The van der Waals surface area contributed by atoms with E-state index in [-0.39, 0.29) is 6.04 Å². The summed E-state index contributed by atoms with van der Waals surface area (Å²) >= 11 is 0. The van der Waals surface area contributed by atoms with Crippen molar-refractivity contribution in [2.75, 3.05) is 0 Å². The summed E-state index contributed by atoms with van der Waals surface area (Å²) in [6.07, 6.45) is 5.32. The van der Waals surface area contributed by atoms with E-state index in [2.05, 4.69) is 13.5 Å². The molecule has 1 nitrogen and oxygen atoms in total. The highest BCUT2D eigenvalue weighted by atomic mass is 14.6. The molecule has 0 aromatic carbocycles. The van der Waals surface area contributed by atoms with Gasteiger partial charge in [-0.1, -0.05) is 25.8 Å². The van der Waals surface area contributed by atoms with Crippen molar-refractivity contribution in [3.63, 3.8) is 0 Å². The number of hydrogen-bond acceptors (Lipinski definition) is 1. The monoisotopic (exact) mass is 113 g/mol. The van der Waals surface area contributed by atoms with Gasteiger partial charge in [0.15, 0.2) is 0 Å². The lowest BCUT2D eigenvalue weighted by molar-refractivity contribution is 0.656. The maximum absolute atomic E-state index is 5.54. The van der Waals surface area contributed by atoms with Crippen LogP contribution < -0.4 is 5.73 Å². The molecule has 48 valence electrons. The molecule has 0 bridgehead atoms. The van der Waals surface area contributed by atoms with Crippen LogP contribution in [0.5, 0.6) is 0 Å². The molecule has 0 unspecified atom stereocenters. The summed E-state index contributed by atoms with van der Waals surface area (Å²) in [4.78, 5) is 0. The van der Waals surface area contributed by atoms with Gasteiger partial charge in [0.25, 0.3) is 0 Å². The zero-order chi connectivity index (χ0) is 6.41. The third kappa shape index (κ3) is 3.88. The van der Waals surface area contributed by atoms with Crippen molar-refractivity contribution in [2.45, 2.75) is 32.2 Å². The van der Waals surface area contributed by atoms with Crippen molar-refractivity contribution < 1.29 is 0 Å². The molecular formula is C7H15N. The Labute approximate surface area is 51.6 Å². The van der Waals surface area contributed by atoms with E-state index in [1.807, 2.05) is 0 Å². The van der Waals surface area contributed by atoms with Gasteiger partial charge in [0, 0.05) is 6.04 Å². The van der Waals surface area contributed by atoms with Gasteiger partial charge in [0.05, 0.1) is 0 Å². The van der Waals surface area contributed by atoms with Crippen LogP contribution in [0.25, 0.3) is 0 Å². The maximum atomic E-state index is 5.54. The average Bonchev–Trinajstić information content (AvgIpc) is 1.83. The Bertz CT molecular complexity index is 59.4. The van der Waals surface area contributed by atoms with Gasteiger partial charge in [-0.25, -0.2) is 0 Å². The van der Waals surface area contributed by atoms with E-state index in [0.29, 0.717) is 0 Å². The Morgan fingerprint density at radius 1 is 1.75 bits per heavy atom. The molecule has 0 saturated heterocycles. The molecule has 0 rings (SSSR count). The molecule has 0 saturated carbocycles. The van der Waals surface area contributed by atoms with E-state index in [9.17, 15) is 0 Å². The van der Waals surface area contributed by atoms with Gasteiger partial charge < -0.3 is 5.73 Å². The second-order valence-corrected chi connectivity index (χ2v) is 2.04. The Morgan fingerprint density at radius 2 is 2.38 bits per heavy atom. The molecule has 8 heavy (non-hydrogen) atoms. The van der Waals surface area contributed by atoms with Crippen molar-refractivity contribution in [3.05, 3.63) is 12.7 Å². The predicted molar refractivity (Wildman–Crippen MR) is 37.7 cm³/mol. The zero-order valence-corrected chi connectivity index (χ0v) is 5.56. The highest BCUT2D eigenvalue weighted by Gasteiger charge is 1.91. The first-order chi connectivity index (χ1) is 3.81. The predicted octanol–water partition coefficient (Wildman–Crippen LogP) is 1.69. The zero-order valence-electron chi connectivity index (χ0n) is 5.56. The van der Waals surface area contributed by atoms with Crippen molar-refractivity contribution in [1.29, 1.82) is 0 Å². The van der Waals surface area contributed by atoms with Gasteiger partial charge in [-0.05, 0) is 6.42 Å².